The highest BCUT2D eigenvalue weighted by atomic mass is 35.5. The molecule has 0 aliphatic carbocycles. The van der Waals surface area contributed by atoms with E-state index in [1.807, 2.05) is 12.1 Å². The number of para-hydroxylation sites is 1. The molecule has 1 heterocycles. The molecule has 1 amide bonds. The number of carbonyl (C=O) groups is 1. The number of amides is 1. The summed E-state index contributed by atoms with van der Waals surface area (Å²) in [6.07, 6.45) is 1.06. The van der Waals surface area contributed by atoms with E-state index in [0.29, 0.717) is 36.8 Å². The third kappa shape index (κ3) is 2.77. The van der Waals surface area contributed by atoms with Crippen LogP contribution in [0.4, 0.5) is 5.69 Å². The van der Waals surface area contributed by atoms with Gasteiger partial charge in [-0.05, 0) is 25.0 Å². The van der Waals surface area contributed by atoms with Crippen molar-refractivity contribution >= 4 is 23.2 Å². The molecule has 1 aliphatic rings. The summed E-state index contributed by atoms with van der Waals surface area (Å²) < 4.78 is 5.20. The molecule has 0 spiro atoms. The minimum atomic E-state index is -0.850. The van der Waals surface area contributed by atoms with Gasteiger partial charge < -0.3 is 15.8 Å². The van der Waals surface area contributed by atoms with Crippen molar-refractivity contribution < 1.29 is 9.53 Å². The van der Waals surface area contributed by atoms with Gasteiger partial charge >= 0.3 is 0 Å². The van der Waals surface area contributed by atoms with Gasteiger partial charge in [0.2, 0.25) is 5.91 Å². The highest BCUT2D eigenvalue weighted by molar-refractivity contribution is 6.33. The van der Waals surface area contributed by atoms with Gasteiger partial charge in [-0.1, -0.05) is 23.7 Å². The van der Waals surface area contributed by atoms with E-state index in [9.17, 15) is 4.79 Å². The molecule has 4 nitrogen and oxygen atoms in total. The zero-order chi connectivity index (χ0) is 12.3. The molecule has 1 fully saturated rings. The van der Waals surface area contributed by atoms with Gasteiger partial charge in [0.25, 0.3) is 0 Å². The lowest BCUT2D eigenvalue weighted by Gasteiger charge is -2.31. The molecule has 1 saturated heterocycles. The number of anilines is 1. The molecular formula is C12H15ClN2O2. The maximum absolute atomic E-state index is 12.1. The first-order chi connectivity index (χ1) is 8.12. The maximum atomic E-state index is 12.1. The van der Waals surface area contributed by atoms with Gasteiger partial charge in [0, 0.05) is 13.2 Å². The number of halogens is 1. The molecule has 2 rings (SSSR count). The van der Waals surface area contributed by atoms with Crippen LogP contribution in [0.5, 0.6) is 0 Å². The van der Waals surface area contributed by atoms with Crippen LogP contribution in [0, 0.1) is 0 Å². The Bertz CT molecular complexity index is 417. The lowest BCUT2D eigenvalue weighted by atomic mass is 9.90. The molecule has 1 aromatic rings. The molecular weight excluding hydrogens is 240 g/mol. The highest BCUT2D eigenvalue weighted by Gasteiger charge is 2.36. The largest absolute Gasteiger partial charge is 0.381 e. The first kappa shape index (κ1) is 12.4. The summed E-state index contributed by atoms with van der Waals surface area (Å²) in [6, 6.07) is 7.10. The van der Waals surface area contributed by atoms with Crippen molar-refractivity contribution in [2.24, 2.45) is 5.73 Å². The second-order valence-corrected chi connectivity index (χ2v) is 4.61. The molecule has 0 atom stereocenters. The van der Waals surface area contributed by atoms with Crippen LogP contribution in [0.15, 0.2) is 24.3 Å². The first-order valence-electron chi connectivity index (χ1n) is 5.54. The molecule has 92 valence electrons. The predicted molar refractivity (Wildman–Crippen MR) is 67.1 cm³/mol. The summed E-state index contributed by atoms with van der Waals surface area (Å²) in [5, 5.41) is 3.28. The Labute approximate surface area is 105 Å². The minimum absolute atomic E-state index is 0.200. The number of ether oxygens (including phenoxy) is 1. The highest BCUT2D eigenvalue weighted by Crippen LogP contribution is 2.24. The van der Waals surface area contributed by atoms with Crippen LogP contribution in [0.1, 0.15) is 12.8 Å². The van der Waals surface area contributed by atoms with E-state index in [2.05, 4.69) is 5.32 Å². The van der Waals surface area contributed by atoms with Gasteiger partial charge in [-0.2, -0.15) is 0 Å². The van der Waals surface area contributed by atoms with Crippen molar-refractivity contribution in [3.05, 3.63) is 29.3 Å². The first-order valence-corrected chi connectivity index (χ1v) is 5.92. The fourth-order valence-electron chi connectivity index (χ4n) is 1.77. The number of carbonyl (C=O) groups excluding carboxylic acids is 1. The van der Waals surface area contributed by atoms with Gasteiger partial charge in [-0.25, -0.2) is 0 Å². The predicted octanol–water partition coefficient (Wildman–Crippen LogP) is 1.79. The molecule has 1 aliphatic heterocycles. The van der Waals surface area contributed by atoms with Crippen molar-refractivity contribution in [2.45, 2.75) is 18.4 Å². The Morgan fingerprint density at radius 2 is 2.00 bits per heavy atom. The molecule has 3 N–H and O–H groups in total. The summed E-state index contributed by atoms with van der Waals surface area (Å²) >= 11 is 5.97. The van der Waals surface area contributed by atoms with Crippen LogP contribution < -0.4 is 11.1 Å². The zero-order valence-electron chi connectivity index (χ0n) is 9.41. The third-order valence-corrected chi connectivity index (χ3v) is 3.29. The molecule has 0 saturated carbocycles. The zero-order valence-corrected chi connectivity index (χ0v) is 10.2. The number of rotatable bonds is 2. The summed E-state index contributed by atoms with van der Waals surface area (Å²) in [4.78, 5) is 12.1. The molecule has 1 aromatic carbocycles. The van der Waals surface area contributed by atoms with Gasteiger partial charge in [0.05, 0.1) is 10.7 Å². The lowest BCUT2D eigenvalue weighted by molar-refractivity contribution is -0.124. The quantitative estimate of drug-likeness (QED) is 0.846. The van der Waals surface area contributed by atoms with Crippen LogP contribution in [-0.4, -0.2) is 24.7 Å². The lowest BCUT2D eigenvalue weighted by Crippen LogP contribution is -2.54. The average Bonchev–Trinajstić information content (AvgIpc) is 2.33. The maximum Gasteiger partial charge on any atom is 0.244 e. The molecule has 0 radical (unpaired) electrons. The Kier molecular flexibility index (Phi) is 3.66. The standard InChI is InChI=1S/C12H15ClN2O2/c13-9-3-1-2-4-10(9)15-11(16)12(14)5-7-17-8-6-12/h1-4H,5-8,14H2,(H,15,16). The van der Waals surface area contributed by atoms with Gasteiger partial charge in [-0.15, -0.1) is 0 Å². The smallest absolute Gasteiger partial charge is 0.244 e. The van der Waals surface area contributed by atoms with Crippen molar-refractivity contribution in [1.82, 2.24) is 0 Å². The minimum Gasteiger partial charge on any atom is -0.381 e. The van der Waals surface area contributed by atoms with E-state index in [-0.39, 0.29) is 5.91 Å². The van der Waals surface area contributed by atoms with Gasteiger partial charge in [-0.3, -0.25) is 4.79 Å². The fourth-order valence-corrected chi connectivity index (χ4v) is 1.96. The second kappa shape index (κ2) is 5.04. The molecule has 0 unspecified atom stereocenters. The van der Waals surface area contributed by atoms with E-state index in [0.717, 1.165) is 0 Å². The summed E-state index contributed by atoms with van der Waals surface area (Å²) in [5.74, 6) is -0.200. The van der Waals surface area contributed by atoms with E-state index in [4.69, 9.17) is 22.1 Å². The van der Waals surface area contributed by atoms with Crippen molar-refractivity contribution in [3.8, 4) is 0 Å². The topological polar surface area (TPSA) is 64.4 Å². The van der Waals surface area contributed by atoms with Crippen LogP contribution in [0.2, 0.25) is 5.02 Å². The van der Waals surface area contributed by atoms with Crippen molar-refractivity contribution in [3.63, 3.8) is 0 Å². The monoisotopic (exact) mass is 254 g/mol. The Morgan fingerprint density at radius 3 is 2.65 bits per heavy atom. The molecule has 5 heteroatoms. The molecule has 0 bridgehead atoms. The normalized spacial score (nSPS) is 18.7. The van der Waals surface area contributed by atoms with Crippen LogP contribution in [0.25, 0.3) is 0 Å². The van der Waals surface area contributed by atoms with Gasteiger partial charge in [0.15, 0.2) is 0 Å². The SMILES string of the molecule is NC1(C(=O)Nc2ccccc2Cl)CCOCC1. The van der Waals surface area contributed by atoms with Crippen molar-refractivity contribution in [1.29, 1.82) is 0 Å². The Hall–Kier alpha value is -1.10. The molecule has 17 heavy (non-hydrogen) atoms. The van der Waals surface area contributed by atoms with Crippen LogP contribution in [-0.2, 0) is 9.53 Å². The fraction of sp³-hybridized carbons (Fsp3) is 0.417. The van der Waals surface area contributed by atoms with E-state index < -0.39 is 5.54 Å². The average molecular weight is 255 g/mol. The van der Waals surface area contributed by atoms with Crippen LogP contribution >= 0.6 is 11.6 Å². The number of benzene rings is 1. The summed E-state index contributed by atoms with van der Waals surface area (Å²) in [7, 11) is 0. The number of nitrogens with one attached hydrogen (secondary N) is 1. The Morgan fingerprint density at radius 1 is 1.35 bits per heavy atom. The Balaban J connectivity index is 2.08. The number of hydrogen-bond donors (Lipinski definition) is 2. The number of nitrogens with two attached hydrogens (primary N) is 1. The summed E-state index contributed by atoms with van der Waals surface area (Å²) in [5.41, 5.74) is 5.81. The van der Waals surface area contributed by atoms with E-state index in [1.54, 1.807) is 12.1 Å². The third-order valence-electron chi connectivity index (χ3n) is 2.96. The summed E-state index contributed by atoms with van der Waals surface area (Å²) in [6.45, 7) is 1.04. The van der Waals surface area contributed by atoms with Gasteiger partial charge in [0.1, 0.15) is 5.54 Å². The van der Waals surface area contributed by atoms with Crippen LogP contribution in [0.3, 0.4) is 0 Å². The van der Waals surface area contributed by atoms with Crippen molar-refractivity contribution in [2.75, 3.05) is 18.5 Å². The second-order valence-electron chi connectivity index (χ2n) is 4.20. The van der Waals surface area contributed by atoms with E-state index in [1.165, 1.54) is 0 Å². The number of hydrogen-bond acceptors (Lipinski definition) is 3. The van der Waals surface area contributed by atoms with E-state index >= 15 is 0 Å². The molecule has 0 aromatic heterocycles.